The molecule has 1 atom stereocenters. The van der Waals surface area contributed by atoms with Gasteiger partial charge in [0, 0.05) is 6.04 Å². The van der Waals surface area contributed by atoms with Crippen LogP contribution in [0.1, 0.15) is 12.5 Å². The summed E-state index contributed by atoms with van der Waals surface area (Å²) in [6, 6.07) is -0.208. The summed E-state index contributed by atoms with van der Waals surface area (Å²) in [4.78, 5) is 3.69. The summed E-state index contributed by atoms with van der Waals surface area (Å²) in [7, 11) is 0. The van der Waals surface area contributed by atoms with E-state index in [9.17, 15) is 22.0 Å². The molecule has 1 aromatic carbocycles. The van der Waals surface area contributed by atoms with Gasteiger partial charge in [-0.2, -0.15) is 0 Å². The number of nitrogens with one attached hydrogen (secondary N) is 1. The maximum atomic E-state index is 13.3. The van der Waals surface area contributed by atoms with Gasteiger partial charge in [-0.25, -0.2) is 22.0 Å². The summed E-state index contributed by atoms with van der Waals surface area (Å²) in [6.07, 6.45) is 0. The molecule has 0 radical (unpaired) electrons. The van der Waals surface area contributed by atoms with Crippen LogP contribution in [0.2, 0.25) is 0 Å². The molecule has 2 nitrogen and oxygen atoms in total. The molecule has 0 saturated heterocycles. The summed E-state index contributed by atoms with van der Waals surface area (Å²) in [5, 5.41) is 2.54. The molecule has 1 aromatic rings. The van der Waals surface area contributed by atoms with E-state index in [0.717, 1.165) is 0 Å². The Bertz CT molecular complexity index is 483. The quantitative estimate of drug-likeness (QED) is 0.461. The van der Waals surface area contributed by atoms with Crippen LogP contribution in [0.15, 0.2) is 4.99 Å². The van der Waals surface area contributed by atoms with Crippen molar-refractivity contribution in [2.45, 2.75) is 13.0 Å². The van der Waals surface area contributed by atoms with E-state index >= 15 is 0 Å². The molecule has 7 heteroatoms. The normalized spacial score (nSPS) is 19.2. The van der Waals surface area contributed by atoms with Crippen molar-refractivity contribution in [3.63, 3.8) is 0 Å². The van der Waals surface area contributed by atoms with Crippen molar-refractivity contribution in [2.24, 2.45) is 4.99 Å². The number of hydrogen-bond acceptors (Lipinski definition) is 2. The molecular weight excluding hydrogens is 243 g/mol. The standard InChI is InChI=1S/C10H7F5N2/c1-3-2-16-10(17-3)4-5(11)7(13)9(15)8(14)6(4)12/h3H,2H2,1H3,(H,16,17). The zero-order valence-corrected chi connectivity index (χ0v) is 8.62. The van der Waals surface area contributed by atoms with E-state index in [4.69, 9.17) is 0 Å². The number of nitrogens with zero attached hydrogens (tertiary/aromatic N) is 1. The molecule has 0 spiro atoms. The Morgan fingerprint density at radius 3 is 1.82 bits per heavy atom. The molecule has 2 rings (SSSR count). The molecule has 1 aliphatic heterocycles. The second-order valence-corrected chi connectivity index (χ2v) is 3.68. The van der Waals surface area contributed by atoms with E-state index in [1.807, 2.05) is 0 Å². The molecule has 0 aromatic heterocycles. The van der Waals surface area contributed by atoms with Crippen LogP contribution >= 0.6 is 0 Å². The minimum atomic E-state index is -2.17. The van der Waals surface area contributed by atoms with Crippen molar-refractivity contribution in [1.29, 1.82) is 0 Å². The van der Waals surface area contributed by atoms with Gasteiger partial charge in [-0.05, 0) is 6.92 Å². The number of hydrogen-bond donors (Lipinski definition) is 1. The van der Waals surface area contributed by atoms with Crippen LogP contribution in [-0.4, -0.2) is 18.4 Å². The van der Waals surface area contributed by atoms with E-state index in [1.165, 1.54) is 0 Å². The van der Waals surface area contributed by atoms with E-state index in [2.05, 4.69) is 10.3 Å². The van der Waals surface area contributed by atoms with Gasteiger partial charge in [0.25, 0.3) is 0 Å². The summed E-state index contributed by atoms with van der Waals surface area (Å²) in [5.41, 5.74) is -1.01. The molecule has 1 N–H and O–H groups in total. The maximum Gasteiger partial charge on any atom is 0.200 e. The lowest BCUT2D eigenvalue weighted by molar-refractivity contribution is 0.376. The minimum Gasteiger partial charge on any atom is -0.365 e. The van der Waals surface area contributed by atoms with Gasteiger partial charge in [-0.3, -0.25) is 4.99 Å². The predicted molar refractivity (Wildman–Crippen MR) is 50.2 cm³/mol. The van der Waals surface area contributed by atoms with Crippen LogP contribution in [0, 0.1) is 29.1 Å². The maximum absolute atomic E-state index is 13.3. The van der Waals surface area contributed by atoms with Crippen molar-refractivity contribution in [1.82, 2.24) is 5.32 Å². The Morgan fingerprint density at radius 2 is 1.41 bits per heavy atom. The number of rotatable bonds is 1. The molecule has 0 aliphatic carbocycles. The highest BCUT2D eigenvalue weighted by Crippen LogP contribution is 2.24. The largest absolute Gasteiger partial charge is 0.365 e. The third-order valence-electron chi connectivity index (χ3n) is 2.35. The summed E-state index contributed by atoms with van der Waals surface area (Å²) in [5.74, 6) is -10.2. The molecule has 0 saturated carbocycles. The van der Waals surface area contributed by atoms with Gasteiger partial charge >= 0.3 is 0 Å². The van der Waals surface area contributed by atoms with Gasteiger partial charge < -0.3 is 5.32 Å². The molecular formula is C10H7F5N2. The Balaban J connectivity index is 2.62. The highest BCUT2D eigenvalue weighted by Gasteiger charge is 2.30. The first-order chi connectivity index (χ1) is 7.93. The molecule has 0 fully saturated rings. The van der Waals surface area contributed by atoms with Crippen LogP contribution in [0.3, 0.4) is 0 Å². The Kier molecular flexibility index (Phi) is 2.76. The van der Waals surface area contributed by atoms with Crippen molar-refractivity contribution in [3.05, 3.63) is 34.6 Å². The number of halogens is 5. The van der Waals surface area contributed by atoms with Crippen LogP contribution in [-0.2, 0) is 0 Å². The first kappa shape index (κ1) is 11.8. The van der Waals surface area contributed by atoms with Crippen LogP contribution < -0.4 is 5.32 Å². The average molecular weight is 250 g/mol. The first-order valence-electron chi connectivity index (χ1n) is 4.76. The van der Waals surface area contributed by atoms with Gasteiger partial charge in [0.15, 0.2) is 23.3 Å². The Morgan fingerprint density at radius 1 is 0.941 bits per heavy atom. The van der Waals surface area contributed by atoms with Crippen molar-refractivity contribution in [2.75, 3.05) is 6.54 Å². The van der Waals surface area contributed by atoms with Crippen molar-refractivity contribution >= 4 is 5.84 Å². The van der Waals surface area contributed by atoms with Crippen LogP contribution in [0.4, 0.5) is 22.0 Å². The van der Waals surface area contributed by atoms with Crippen LogP contribution in [0.5, 0.6) is 0 Å². The number of benzene rings is 1. The fourth-order valence-corrected chi connectivity index (χ4v) is 1.52. The topological polar surface area (TPSA) is 24.4 Å². The highest BCUT2D eigenvalue weighted by molar-refractivity contribution is 6.00. The summed E-state index contributed by atoms with van der Waals surface area (Å²) >= 11 is 0. The average Bonchev–Trinajstić information content (AvgIpc) is 2.71. The van der Waals surface area contributed by atoms with Crippen molar-refractivity contribution in [3.8, 4) is 0 Å². The SMILES string of the molecule is CC1CN=C(c2c(F)c(F)c(F)c(F)c2F)N1. The molecule has 17 heavy (non-hydrogen) atoms. The van der Waals surface area contributed by atoms with E-state index < -0.39 is 34.6 Å². The highest BCUT2D eigenvalue weighted by atomic mass is 19.2. The Hall–Kier alpha value is -1.66. The van der Waals surface area contributed by atoms with Gasteiger partial charge in [-0.1, -0.05) is 0 Å². The van der Waals surface area contributed by atoms with E-state index in [0.29, 0.717) is 0 Å². The fraction of sp³-hybridized carbons (Fsp3) is 0.300. The lowest BCUT2D eigenvalue weighted by Crippen LogP contribution is -2.30. The number of aliphatic imine (C=N–C) groups is 1. The minimum absolute atomic E-state index is 0.208. The lowest BCUT2D eigenvalue weighted by Gasteiger charge is -2.10. The smallest absolute Gasteiger partial charge is 0.200 e. The fourth-order valence-electron chi connectivity index (χ4n) is 1.52. The van der Waals surface area contributed by atoms with Crippen LogP contribution in [0.25, 0.3) is 0 Å². The molecule has 0 bridgehead atoms. The number of amidine groups is 1. The monoisotopic (exact) mass is 250 g/mol. The molecule has 1 unspecified atom stereocenters. The summed E-state index contributed by atoms with van der Waals surface area (Å²) in [6.45, 7) is 1.89. The zero-order valence-electron chi connectivity index (χ0n) is 8.62. The molecule has 1 aliphatic rings. The Labute approximate surface area is 93.2 Å². The molecule has 0 amide bonds. The predicted octanol–water partition coefficient (Wildman–Crippen LogP) is 2.12. The zero-order chi connectivity index (χ0) is 12.7. The third kappa shape index (κ3) is 1.75. The van der Waals surface area contributed by atoms with Gasteiger partial charge in [0.1, 0.15) is 5.84 Å². The van der Waals surface area contributed by atoms with Gasteiger partial charge in [0.05, 0.1) is 12.1 Å². The molecule has 1 heterocycles. The second-order valence-electron chi connectivity index (χ2n) is 3.68. The van der Waals surface area contributed by atoms with E-state index in [1.54, 1.807) is 6.92 Å². The van der Waals surface area contributed by atoms with Crippen molar-refractivity contribution < 1.29 is 22.0 Å². The third-order valence-corrected chi connectivity index (χ3v) is 2.35. The first-order valence-corrected chi connectivity index (χ1v) is 4.76. The summed E-state index contributed by atoms with van der Waals surface area (Å²) < 4.78 is 65.3. The van der Waals surface area contributed by atoms with Gasteiger partial charge in [-0.15, -0.1) is 0 Å². The van der Waals surface area contributed by atoms with Gasteiger partial charge in [0.2, 0.25) is 5.82 Å². The molecule has 92 valence electrons. The van der Waals surface area contributed by atoms with E-state index in [-0.39, 0.29) is 18.4 Å². The second kappa shape index (κ2) is 3.97. The lowest BCUT2D eigenvalue weighted by atomic mass is 10.1.